The first-order valence-electron chi connectivity index (χ1n) is 5.44. The van der Waals surface area contributed by atoms with Gasteiger partial charge in [0.2, 0.25) is 0 Å². The van der Waals surface area contributed by atoms with Crippen molar-refractivity contribution >= 4 is 0 Å². The zero-order chi connectivity index (χ0) is 12.1. The largest absolute Gasteiger partial charge is 0.494 e. The van der Waals surface area contributed by atoms with Gasteiger partial charge in [0.05, 0.1) is 6.61 Å². The van der Waals surface area contributed by atoms with Crippen molar-refractivity contribution in [3.63, 3.8) is 0 Å². The highest BCUT2D eigenvalue weighted by atomic mass is 16.5. The van der Waals surface area contributed by atoms with E-state index in [0.29, 0.717) is 12.1 Å². The maximum absolute atomic E-state index is 8.90. The molecule has 17 heavy (non-hydrogen) atoms. The molecule has 1 N–H and O–H groups in total. The molecule has 2 rings (SSSR count). The van der Waals surface area contributed by atoms with Crippen molar-refractivity contribution in [2.24, 2.45) is 5.16 Å². The first-order valence-corrected chi connectivity index (χ1v) is 5.44. The van der Waals surface area contributed by atoms with E-state index in [9.17, 15) is 0 Å². The van der Waals surface area contributed by atoms with Gasteiger partial charge in [0, 0.05) is 11.9 Å². The van der Waals surface area contributed by atoms with Gasteiger partial charge in [-0.3, -0.25) is 4.57 Å². The van der Waals surface area contributed by atoms with E-state index in [1.165, 1.54) is 0 Å². The van der Waals surface area contributed by atoms with Crippen molar-refractivity contribution in [3.05, 3.63) is 54.1 Å². The van der Waals surface area contributed by atoms with Crippen LogP contribution in [0.15, 0.2) is 53.8 Å². The molecule has 1 aromatic carbocycles. The van der Waals surface area contributed by atoms with E-state index in [1.807, 2.05) is 49.5 Å². The Kier molecular flexibility index (Phi) is 3.45. The molecule has 0 saturated heterocycles. The number of rotatable bonds is 3. The molecule has 1 heterocycles. The lowest BCUT2D eigenvalue weighted by Crippen LogP contribution is -2.17. The van der Waals surface area contributed by atoms with Gasteiger partial charge in [-0.2, -0.15) is 0 Å². The third-order valence-electron chi connectivity index (χ3n) is 2.37. The van der Waals surface area contributed by atoms with Gasteiger partial charge < -0.3 is 9.94 Å². The molecule has 0 radical (unpaired) electrons. The van der Waals surface area contributed by atoms with Gasteiger partial charge in [0.25, 0.3) is 0 Å². The highest BCUT2D eigenvalue weighted by Crippen LogP contribution is 2.13. The third kappa shape index (κ3) is 2.47. The smallest absolute Gasteiger partial charge is 0.176 e. The van der Waals surface area contributed by atoms with Crippen LogP contribution < -0.4 is 10.2 Å². The first kappa shape index (κ1) is 11.3. The van der Waals surface area contributed by atoms with Crippen molar-refractivity contribution in [1.82, 2.24) is 4.57 Å². The number of hydrogen-bond acceptors (Lipinski definition) is 3. The molecular weight excluding hydrogens is 216 g/mol. The van der Waals surface area contributed by atoms with Gasteiger partial charge in [-0.05, 0) is 43.3 Å². The number of hydrogen-bond donors (Lipinski definition) is 1. The Morgan fingerprint density at radius 1 is 1.18 bits per heavy atom. The molecule has 1 aromatic heterocycles. The number of benzene rings is 1. The quantitative estimate of drug-likeness (QED) is 0.648. The zero-order valence-corrected chi connectivity index (χ0v) is 9.58. The van der Waals surface area contributed by atoms with Gasteiger partial charge in [-0.15, -0.1) is 0 Å². The Morgan fingerprint density at radius 3 is 2.59 bits per heavy atom. The lowest BCUT2D eigenvalue weighted by Gasteiger charge is -2.08. The highest BCUT2D eigenvalue weighted by Gasteiger charge is 1.98. The second kappa shape index (κ2) is 5.21. The summed E-state index contributed by atoms with van der Waals surface area (Å²) in [4.78, 5) is 0. The van der Waals surface area contributed by atoms with Gasteiger partial charge in [0.1, 0.15) is 5.75 Å². The fourth-order valence-electron chi connectivity index (χ4n) is 1.60. The SMILES string of the molecule is CCOc1ccc(-n2ccccc2=NO)cc1. The number of pyridine rings is 1. The van der Waals surface area contributed by atoms with Crippen LogP contribution in [0.3, 0.4) is 0 Å². The van der Waals surface area contributed by atoms with Crippen LogP contribution in [-0.2, 0) is 0 Å². The van der Waals surface area contributed by atoms with E-state index in [0.717, 1.165) is 11.4 Å². The number of nitrogens with zero attached hydrogens (tertiary/aromatic N) is 2. The normalized spacial score (nSPS) is 11.5. The standard InChI is InChI=1S/C13H14N2O2/c1-2-17-12-8-6-11(7-9-12)15-10-4-3-5-13(15)14-16/h3-10,16H,2H2,1H3. The summed E-state index contributed by atoms with van der Waals surface area (Å²) >= 11 is 0. The molecule has 2 aromatic rings. The summed E-state index contributed by atoms with van der Waals surface area (Å²) < 4.78 is 7.16. The van der Waals surface area contributed by atoms with Gasteiger partial charge in [-0.25, -0.2) is 0 Å². The fourth-order valence-corrected chi connectivity index (χ4v) is 1.60. The van der Waals surface area contributed by atoms with Gasteiger partial charge in [-0.1, -0.05) is 11.2 Å². The van der Waals surface area contributed by atoms with Crippen molar-refractivity contribution in [3.8, 4) is 11.4 Å². The van der Waals surface area contributed by atoms with Crippen molar-refractivity contribution in [1.29, 1.82) is 0 Å². The van der Waals surface area contributed by atoms with E-state index in [4.69, 9.17) is 9.94 Å². The average molecular weight is 230 g/mol. The van der Waals surface area contributed by atoms with E-state index >= 15 is 0 Å². The minimum atomic E-state index is 0.483. The second-order valence-corrected chi connectivity index (χ2v) is 3.46. The summed E-state index contributed by atoms with van der Waals surface area (Å²) in [5, 5.41) is 12.1. The predicted molar refractivity (Wildman–Crippen MR) is 64.3 cm³/mol. The second-order valence-electron chi connectivity index (χ2n) is 3.46. The molecule has 88 valence electrons. The van der Waals surface area contributed by atoms with Crippen LogP contribution in [0.4, 0.5) is 0 Å². The highest BCUT2D eigenvalue weighted by molar-refractivity contribution is 5.37. The molecule has 0 aliphatic heterocycles. The summed E-state index contributed by atoms with van der Waals surface area (Å²) in [6.07, 6.45) is 1.84. The van der Waals surface area contributed by atoms with Crippen LogP contribution in [0.1, 0.15) is 6.92 Å². The minimum absolute atomic E-state index is 0.483. The monoisotopic (exact) mass is 230 g/mol. The molecule has 0 atom stereocenters. The first-order chi connectivity index (χ1) is 8.35. The number of ether oxygens (including phenoxy) is 1. The fraction of sp³-hybridized carbons (Fsp3) is 0.154. The molecule has 0 fully saturated rings. The van der Waals surface area contributed by atoms with Crippen LogP contribution >= 0.6 is 0 Å². The van der Waals surface area contributed by atoms with Crippen molar-refractivity contribution < 1.29 is 9.94 Å². The molecule has 4 heteroatoms. The summed E-state index contributed by atoms with van der Waals surface area (Å²) in [5.41, 5.74) is 1.40. The summed E-state index contributed by atoms with van der Waals surface area (Å²) in [6.45, 7) is 2.59. The average Bonchev–Trinajstić information content (AvgIpc) is 2.40. The third-order valence-corrected chi connectivity index (χ3v) is 2.37. The van der Waals surface area contributed by atoms with Crippen LogP contribution in [-0.4, -0.2) is 16.4 Å². The molecule has 0 aliphatic rings. The molecule has 0 amide bonds. The van der Waals surface area contributed by atoms with E-state index in [1.54, 1.807) is 10.6 Å². The lowest BCUT2D eigenvalue weighted by atomic mass is 10.3. The molecule has 4 nitrogen and oxygen atoms in total. The topological polar surface area (TPSA) is 46.8 Å². The van der Waals surface area contributed by atoms with E-state index in [-0.39, 0.29) is 0 Å². The Hall–Kier alpha value is -2.23. The molecule has 0 unspecified atom stereocenters. The zero-order valence-electron chi connectivity index (χ0n) is 9.58. The Balaban J connectivity index is 2.40. The predicted octanol–water partition coefficient (Wildman–Crippen LogP) is 2.17. The Morgan fingerprint density at radius 2 is 1.94 bits per heavy atom. The lowest BCUT2D eigenvalue weighted by molar-refractivity contribution is 0.296. The van der Waals surface area contributed by atoms with Crippen molar-refractivity contribution in [2.75, 3.05) is 6.61 Å². The maximum atomic E-state index is 8.90. The summed E-state index contributed by atoms with van der Waals surface area (Å²) in [6, 6.07) is 13.0. The van der Waals surface area contributed by atoms with E-state index in [2.05, 4.69) is 5.16 Å². The summed E-state index contributed by atoms with van der Waals surface area (Å²) in [5.74, 6) is 0.829. The van der Waals surface area contributed by atoms with E-state index < -0.39 is 0 Å². The molecule has 0 spiro atoms. The van der Waals surface area contributed by atoms with Crippen LogP contribution in [0.2, 0.25) is 0 Å². The number of aromatic nitrogens is 1. The van der Waals surface area contributed by atoms with Gasteiger partial charge in [0.15, 0.2) is 5.49 Å². The van der Waals surface area contributed by atoms with Gasteiger partial charge >= 0.3 is 0 Å². The molecule has 0 bridgehead atoms. The summed E-state index contributed by atoms with van der Waals surface area (Å²) in [7, 11) is 0. The molecule has 0 saturated carbocycles. The van der Waals surface area contributed by atoms with Crippen LogP contribution in [0, 0.1) is 0 Å². The molecular formula is C13H14N2O2. The van der Waals surface area contributed by atoms with Crippen LogP contribution in [0.5, 0.6) is 5.75 Å². The maximum Gasteiger partial charge on any atom is 0.176 e. The Labute approximate surface area is 99.4 Å². The van der Waals surface area contributed by atoms with Crippen molar-refractivity contribution in [2.45, 2.75) is 6.92 Å². The molecule has 0 aliphatic carbocycles. The Bertz CT molecular complexity index is 544. The minimum Gasteiger partial charge on any atom is -0.494 e. The van der Waals surface area contributed by atoms with Crippen LogP contribution in [0.25, 0.3) is 5.69 Å².